The highest BCUT2D eigenvalue weighted by Crippen LogP contribution is 2.46. The number of hydrogen-bond donors (Lipinski definition) is 1. The lowest BCUT2D eigenvalue weighted by Gasteiger charge is -2.22. The second kappa shape index (κ2) is 10.2. The van der Waals surface area contributed by atoms with Gasteiger partial charge in [0.05, 0.1) is 21.7 Å². The molecule has 1 saturated carbocycles. The summed E-state index contributed by atoms with van der Waals surface area (Å²) in [5.74, 6) is 0. The van der Waals surface area contributed by atoms with E-state index in [2.05, 4.69) is 46.1 Å². The number of amides is 1. The molecule has 7 heteroatoms. The van der Waals surface area contributed by atoms with Gasteiger partial charge in [0.2, 0.25) is 0 Å². The molecular formula is C29H29ClN2O3S. The molecule has 1 fully saturated rings. The average Bonchev–Trinajstić information content (AvgIpc) is 3.62. The van der Waals surface area contributed by atoms with E-state index in [4.69, 9.17) is 16.3 Å². The third-order valence-electron chi connectivity index (χ3n) is 7.26. The molecule has 0 aliphatic heterocycles. The maximum absolute atomic E-state index is 12.7. The minimum Gasteiger partial charge on any atom is -0.442 e. The third kappa shape index (κ3) is 4.97. The summed E-state index contributed by atoms with van der Waals surface area (Å²) in [5, 5.41) is 3.73. The number of aromatic nitrogens is 1. The van der Waals surface area contributed by atoms with Gasteiger partial charge in [-0.25, -0.2) is 4.79 Å². The fourth-order valence-corrected chi connectivity index (χ4v) is 6.04. The second-order valence-electron chi connectivity index (χ2n) is 9.71. The van der Waals surface area contributed by atoms with Crippen molar-refractivity contribution in [1.82, 2.24) is 4.37 Å². The van der Waals surface area contributed by atoms with Crippen LogP contribution in [0, 0.1) is 6.92 Å². The van der Waals surface area contributed by atoms with Gasteiger partial charge in [-0.05, 0) is 91.7 Å². The first kappa shape index (κ1) is 24.7. The number of allylic oxidation sites excluding steroid dienone is 1. The Morgan fingerprint density at radius 2 is 1.67 bits per heavy atom. The van der Waals surface area contributed by atoms with Crippen molar-refractivity contribution in [2.24, 2.45) is 0 Å². The molecule has 1 N–H and O–H groups in total. The minimum atomic E-state index is -0.505. The normalized spacial score (nSPS) is 17.4. The fraction of sp³-hybridized carbons (Fsp3) is 0.345. The van der Waals surface area contributed by atoms with Crippen molar-refractivity contribution in [2.75, 3.05) is 5.32 Å². The molecule has 186 valence electrons. The third-order valence-corrected chi connectivity index (χ3v) is 8.68. The molecular weight excluding hydrogens is 492 g/mol. The topological polar surface area (TPSA) is 68.3 Å². The number of rotatable bonds is 7. The fourth-order valence-electron chi connectivity index (χ4n) is 4.81. The van der Waals surface area contributed by atoms with Crippen LogP contribution in [0.3, 0.4) is 0 Å². The van der Waals surface area contributed by atoms with Crippen LogP contribution in [0.5, 0.6) is 0 Å². The van der Waals surface area contributed by atoms with Crippen LogP contribution >= 0.6 is 23.1 Å². The number of nitrogens with zero attached hydrogens (tertiary/aromatic N) is 1. The quantitative estimate of drug-likeness (QED) is 0.320. The van der Waals surface area contributed by atoms with Crippen molar-refractivity contribution in [2.45, 2.75) is 63.9 Å². The number of aldehydes is 1. The molecule has 0 radical (unpaired) electrons. The lowest BCUT2D eigenvalue weighted by molar-refractivity contribution is -0.109. The van der Waals surface area contributed by atoms with Crippen LogP contribution in [0.15, 0.2) is 59.1 Å². The molecule has 5 nitrogen and oxygen atoms in total. The van der Waals surface area contributed by atoms with Crippen molar-refractivity contribution in [3.8, 4) is 21.6 Å². The van der Waals surface area contributed by atoms with E-state index in [1.807, 2.05) is 26.0 Å². The zero-order valence-electron chi connectivity index (χ0n) is 20.5. The Kier molecular flexibility index (Phi) is 7.00. The number of aryl methyl sites for hydroxylation is 1. The highest BCUT2D eigenvalue weighted by Gasteiger charge is 2.44. The highest BCUT2D eigenvalue weighted by atomic mass is 35.5. The molecule has 1 aromatic heterocycles. The van der Waals surface area contributed by atoms with Gasteiger partial charge in [0.25, 0.3) is 0 Å². The number of halogens is 1. The number of benzene rings is 2. The van der Waals surface area contributed by atoms with Gasteiger partial charge in [0.15, 0.2) is 0 Å². The summed E-state index contributed by atoms with van der Waals surface area (Å²) in [6, 6.07) is 16.5. The van der Waals surface area contributed by atoms with E-state index in [9.17, 15) is 9.59 Å². The van der Waals surface area contributed by atoms with Crippen molar-refractivity contribution in [3.05, 3.63) is 70.4 Å². The van der Waals surface area contributed by atoms with Gasteiger partial charge >= 0.3 is 6.09 Å². The molecule has 2 aliphatic rings. The lowest BCUT2D eigenvalue weighted by atomic mass is 9.95. The molecule has 2 aromatic carbocycles. The zero-order valence-corrected chi connectivity index (χ0v) is 22.0. The van der Waals surface area contributed by atoms with Crippen LogP contribution in [-0.2, 0) is 14.9 Å². The second-order valence-corrected chi connectivity index (χ2v) is 10.9. The zero-order chi connectivity index (χ0) is 25.3. The predicted molar refractivity (Wildman–Crippen MR) is 146 cm³/mol. The van der Waals surface area contributed by atoms with Crippen LogP contribution in [0.4, 0.5) is 10.5 Å². The van der Waals surface area contributed by atoms with Crippen molar-refractivity contribution >= 4 is 41.2 Å². The van der Waals surface area contributed by atoms with Gasteiger partial charge in [-0.1, -0.05) is 60.1 Å². The van der Waals surface area contributed by atoms with E-state index >= 15 is 0 Å². The molecule has 0 spiro atoms. The Labute approximate surface area is 220 Å². The van der Waals surface area contributed by atoms with Crippen LogP contribution in [0.25, 0.3) is 21.6 Å². The molecule has 36 heavy (non-hydrogen) atoms. The smallest absolute Gasteiger partial charge is 0.412 e. The highest BCUT2D eigenvalue weighted by molar-refractivity contribution is 7.10. The molecule has 1 unspecified atom stereocenters. The Morgan fingerprint density at radius 1 is 1.06 bits per heavy atom. The number of carbonyl (C=O) groups excluding carboxylic acids is 2. The standard InChI is InChI=1S/C29H29ClN2O3S/c1-18-26(31-28(34)35-19(2)24-5-3-4-6-25(24)30)27(36-32-18)22-9-7-20(8-10-22)21-11-13-23(14-12-21)29(17-33)15-16-29/h7-14,17,19H,3-6,15-16H2,1-2H3,(H,31,34). The van der Waals surface area contributed by atoms with Gasteiger partial charge < -0.3 is 9.53 Å². The Morgan fingerprint density at radius 3 is 2.28 bits per heavy atom. The first-order valence-corrected chi connectivity index (χ1v) is 13.5. The summed E-state index contributed by atoms with van der Waals surface area (Å²) in [5.41, 5.74) is 6.42. The van der Waals surface area contributed by atoms with E-state index in [-0.39, 0.29) is 11.5 Å². The molecule has 5 rings (SSSR count). The summed E-state index contributed by atoms with van der Waals surface area (Å²) in [6.07, 6.45) is 5.95. The van der Waals surface area contributed by atoms with Gasteiger partial charge in [0.1, 0.15) is 12.4 Å². The first-order valence-electron chi connectivity index (χ1n) is 12.4. The minimum absolute atomic E-state index is 0.256. The lowest BCUT2D eigenvalue weighted by Crippen LogP contribution is -2.23. The van der Waals surface area contributed by atoms with Gasteiger partial charge in [0, 0.05) is 5.03 Å². The van der Waals surface area contributed by atoms with Crippen LogP contribution in [0.1, 0.15) is 56.7 Å². The summed E-state index contributed by atoms with van der Waals surface area (Å²) in [7, 11) is 0. The largest absolute Gasteiger partial charge is 0.442 e. The number of hydrogen-bond acceptors (Lipinski definition) is 5. The summed E-state index contributed by atoms with van der Waals surface area (Å²) >= 11 is 7.72. The molecule has 1 heterocycles. The summed E-state index contributed by atoms with van der Waals surface area (Å²) in [6.45, 7) is 3.75. The number of nitrogens with one attached hydrogen (secondary N) is 1. The number of carbonyl (C=O) groups is 2. The Hall–Kier alpha value is -2.96. The van der Waals surface area contributed by atoms with Crippen molar-refractivity contribution in [1.29, 1.82) is 0 Å². The SMILES string of the molecule is Cc1nsc(-c2ccc(-c3ccc(C4(C=O)CC4)cc3)cc2)c1NC(=O)OC(C)C1=C(Cl)CCCC1. The molecule has 1 atom stereocenters. The molecule has 0 bridgehead atoms. The average molecular weight is 521 g/mol. The van der Waals surface area contributed by atoms with Crippen molar-refractivity contribution < 1.29 is 14.3 Å². The van der Waals surface area contributed by atoms with Crippen LogP contribution in [-0.4, -0.2) is 22.9 Å². The molecule has 2 aliphatic carbocycles. The van der Waals surface area contributed by atoms with E-state index in [0.29, 0.717) is 5.69 Å². The van der Waals surface area contributed by atoms with E-state index in [1.54, 1.807) is 0 Å². The van der Waals surface area contributed by atoms with E-state index in [1.165, 1.54) is 11.5 Å². The van der Waals surface area contributed by atoms with E-state index < -0.39 is 6.09 Å². The van der Waals surface area contributed by atoms with Crippen LogP contribution < -0.4 is 5.32 Å². The Balaban J connectivity index is 1.29. The van der Waals surface area contributed by atoms with Gasteiger partial charge in [-0.2, -0.15) is 4.37 Å². The maximum atomic E-state index is 12.7. The molecule has 0 saturated heterocycles. The Bertz CT molecular complexity index is 1310. The van der Waals surface area contributed by atoms with E-state index in [0.717, 1.165) is 88.2 Å². The van der Waals surface area contributed by atoms with Gasteiger partial charge in [-0.3, -0.25) is 5.32 Å². The summed E-state index contributed by atoms with van der Waals surface area (Å²) < 4.78 is 10.1. The number of anilines is 1. The molecule has 1 amide bonds. The first-order chi connectivity index (χ1) is 17.4. The van der Waals surface area contributed by atoms with Gasteiger partial charge in [-0.15, -0.1) is 0 Å². The molecule has 3 aromatic rings. The van der Waals surface area contributed by atoms with Crippen LogP contribution in [0.2, 0.25) is 0 Å². The summed E-state index contributed by atoms with van der Waals surface area (Å²) in [4.78, 5) is 25.0. The predicted octanol–water partition coefficient (Wildman–Crippen LogP) is 8.02. The number of ether oxygens (including phenoxy) is 1. The maximum Gasteiger partial charge on any atom is 0.412 e. The van der Waals surface area contributed by atoms with Crippen molar-refractivity contribution in [3.63, 3.8) is 0 Å². The monoisotopic (exact) mass is 520 g/mol.